The molecule has 2 heteroatoms. The summed E-state index contributed by atoms with van der Waals surface area (Å²) < 4.78 is 5.90. The van der Waals surface area contributed by atoms with Gasteiger partial charge in [0.2, 0.25) is 0 Å². The van der Waals surface area contributed by atoms with Crippen LogP contribution in [0.3, 0.4) is 0 Å². The molecule has 0 radical (unpaired) electrons. The predicted molar refractivity (Wildman–Crippen MR) is 90.0 cm³/mol. The van der Waals surface area contributed by atoms with Crippen molar-refractivity contribution in [2.24, 2.45) is 0 Å². The zero-order chi connectivity index (χ0) is 15.6. The minimum absolute atomic E-state index is 0.870. The van der Waals surface area contributed by atoms with E-state index in [4.69, 9.17) is 11.2 Å². The van der Waals surface area contributed by atoms with Crippen molar-refractivity contribution < 1.29 is 20.6 Å². The fraction of sp³-hybridized carbons (Fsp3) is 0.737. The molecule has 0 saturated heterocycles. The maximum absolute atomic E-state index is 5.23. The van der Waals surface area contributed by atoms with E-state index in [-0.39, 0.29) is 0 Å². The quantitative estimate of drug-likeness (QED) is 0.282. The Morgan fingerprint density at radius 3 is 1.86 bits per heavy atom. The fourth-order valence-corrected chi connectivity index (χ4v) is 2.48. The molecule has 0 aliphatic heterocycles. The van der Waals surface area contributed by atoms with Gasteiger partial charge in [-0.05, 0) is 6.42 Å². The third-order valence-corrected chi connectivity index (χ3v) is 4.12. The second-order valence-electron chi connectivity index (χ2n) is 5.56. The molecule has 0 spiro atoms. The van der Waals surface area contributed by atoms with E-state index >= 15 is 0 Å². The Labute approximate surface area is 140 Å². The molecule has 0 aliphatic rings. The van der Waals surface area contributed by atoms with Crippen molar-refractivity contribution >= 4 is 4.57 Å². The molecule has 1 nitrogen and oxygen atoms in total. The minimum atomic E-state index is 0.870. The summed E-state index contributed by atoms with van der Waals surface area (Å²) in [7, 11) is 1.69. The molecule has 0 fully saturated rings. The zero-order valence-electron chi connectivity index (χ0n) is 13.7. The number of terminal acetylenes is 1. The van der Waals surface area contributed by atoms with Gasteiger partial charge < -0.3 is 0 Å². The summed E-state index contributed by atoms with van der Waals surface area (Å²) in [4.78, 5) is 0. The zero-order valence-corrected chi connectivity index (χ0v) is 15.0. The van der Waals surface area contributed by atoms with E-state index < -0.39 is 0 Å². The Morgan fingerprint density at radius 1 is 0.905 bits per heavy atom. The van der Waals surface area contributed by atoms with Crippen LogP contribution in [-0.4, -0.2) is 11.7 Å². The molecular weight excluding hydrogens is 296 g/mol. The van der Waals surface area contributed by atoms with Crippen molar-refractivity contribution in [1.82, 2.24) is 0 Å². The predicted octanol–water partition coefficient (Wildman–Crippen LogP) is 5.57. The molecule has 0 heterocycles. The van der Waals surface area contributed by atoms with Crippen molar-refractivity contribution in [2.45, 2.75) is 83.5 Å². The van der Waals surface area contributed by atoms with E-state index in [0.29, 0.717) is 0 Å². The standard InChI is InChI=1S/C19H32O.Cr/c1-3-4-5-6-7-8-9-10-11-12-13-14-15-16-17-18-19-20-2;/h1,17-18H,4-16H2,2H3;/b18-17+;. The van der Waals surface area contributed by atoms with Gasteiger partial charge in [-0.2, -0.15) is 0 Å². The van der Waals surface area contributed by atoms with Crippen LogP contribution in [0.1, 0.15) is 83.5 Å². The molecule has 120 valence electrons. The molecular formula is C19H32CrO. The fourth-order valence-electron chi connectivity index (χ4n) is 2.33. The van der Waals surface area contributed by atoms with Gasteiger partial charge in [-0.1, -0.05) is 12.8 Å². The Bertz CT molecular complexity index is 301. The van der Waals surface area contributed by atoms with Gasteiger partial charge in [0.1, 0.15) is 0 Å². The summed E-state index contributed by atoms with van der Waals surface area (Å²) in [6.07, 6.45) is 26.5. The first-order valence-electron chi connectivity index (χ1n) is 8.49. The number of methoxy groups -OCH3 is 1. The Balaban J connectivity index is 3.08. The van der Waals surface area contributed by atoms with Crippen LogP contribution >= 0.6 is 0 Å². The molecule has 0 rings (SSSR count). The van der Waals surface area contributed by atoms with Gasteiger partial charge in [-0.15, -0.1) is 12.3 Å². The van der Waals surface area contributed by atoms with Crippen molar-refractivity contribution in [3.05, 3.63) is 12.2 Å². The first-order chi connectivity index (χ1) is 10.3. The number of hydrogen-bond donors (Lipinski definition) is 0. The number of rotatable bonds is 15. The molecule has 0 aromatic heterocycles. The summed E-state index contributed by atoms with van der Waals surface area (Å²) in [5.74, 6) is 2.71. The number of hydrogen-bond acceptors (Lipinski definition) is 1. The summed E-state index contributed by atoms with van der Waals surface area (Å²) in [5, 5.41) is 0. The average Bonchev–Trinajstić information content (AvgIpc) is 2.50. The average molecular weight is 328 g/mol. The SMILES string of the molecule is C#CCCCCCCCCCCCCC/C=C/[C](=[Cr])OC. The van der Waals surface area contributed by atoms with Crippen molar-refractivity contribution in [3.63, 3.8) is 0 Å². The number of ether oxygens (including phenoxy) is 1. The number of allylic oxidation sites excluding steroid dienone is 1. The van der Waals surface area contributed by atoms with Crippen LogP contribution in [0.25, 0.3) is 0 Å². The summed E-state index contributed by atoms with van der Waals surface area (Å²) in [6, 6.07) is 0. The van der Waals surface area contributed by atoms with Crippen LogP contribution in [0, 0.1) is 12.3 Å². The summed E-state index contributed by atoms with van der Waals surface area (Å²) >= 11 is 2.88. The van der Waals surface area contributed by atoms with Gasteiger partial charge in [0, 0.05) is 6.42 Å². The summed E-state index contributed by atoms with van der Waals surface area (Å²) in [5.41, 5.74) is 0. The third-order valence-electron chi connectivity index (χ3n) is 3.65. The molecule has 0 atom stereocenters. The van der Waals surface area contributed by atoms with E-state index in [2.05, 4.69) is 27.8 Å². The van der Waals surface area contributed by atoms with E-state index in [9.17, 15) is 0 Å². The van der Waals surface area contributed by atoms with Crippen LogP contribution in [0.4, 0.5) is 0 Å². The topological polar surface area (TPSA) is 9.23 Å². The maximum atomic E-state index is 5.23. The molecule has 0 bridgehead atoms. The Morgan fingerprint density at radius 2 is 1.38 bits per heavy atom. The van der Waals surface area contributed by atoms with Gasteiger partial charge in [-0.25, -0.2) is 0 Å². The normalized spacial score (nSPS) is 10.9. The summed E-state index contributed by atoms with van der Waals surface area (Å²) in [6.45, 7) is 0. The van der Waals surface area contributed by atoms with Gasteiger partial charge in [0.05, 0.1) is 0 Å². The Hall–Kier alpha value is -0.338. The van der Waals surface area contributed by atoms with Crippen LogP contribution in [0.5, 0.6) is 0 Å². The van der Waals surface area contributed by atoms with Crippen LogP contribution in [-0.2, 0) is 20.6 Å². The molecule has 0 saturated carbocycles. The first kappa shape index (κ1) is 20.7. The van der Waals surface area contributed by atoms with Crippen molar-refractivity contribution in [1.29, 1.82) is 0 Å². The van der Waals surface area contributed by atoms with E-state index in [1.54, 1.807) is 7.11 Å². The molecule has 0 unspecified atom stereocenters. The molecule has 21 heavy (non-hydrogen) atoms. The molecule has 0 aromatic carbocycles. The van der Waals surface area contributed by atoms with E-state index in [1.165, 1.54) is 70.6 Å². The van der Waals surface area contributed by atoms with Gasteiger partial charge in [0.15, 0.2) is 0 Å². The monoisotopic (exact) mass is 328 g/mol. The third kappa shape index (κ3) is 17.6. The van der Waals surface area contributed by atoms with Gasteiger partial charge in [-0.3, -0.25) is 0 Å². The second kappa shape index (κ2) is 17.7. The van der Waals surface area contributed by atoms with Crippen LogP contribution < -0.4 is 0 Å². The van der Waals surface area contributed by atoms with Crippen LogP contribution in [0.2, 0.25) is 0 Å². The Kier molecular flexibility index (Phi) is 17.4. The van der Waals surface area contributed by atoms with Gasteiger partial charge in [0.25, 0.3) is 0 Å². The van der Waals surface area contributed by atoms with Crippen LogP contribution in [0.15, 0.2) is 12.2 Å². The molecule has 0 amide bonds. The second-order valence-corrected chi connectivity index (χ2v) is 6.19. The van der Waals surface area contributed by atoms with E-state index in [1.807, 2.05) is 6.08 Å². The number of unbranched alkanes of at least 4 members (excludes halogenated alkanes) is 12. The molecule has 0 aliphatic carbocycles. The van der Waals surface area contributed by atoms with Crippen molar-refractivity contribution in [3.8, 4) is 12.3 Å². The van der Waals surface area contributed by atoms with E-state index in [0.717, 1.165) is 17.4 Å². The molecule has 0 aromatic rings. The first-order valence-corrected chi connectivity index (χ1v) is 9.13. The van der Waals surface area contributed by atoms with Crippen molar-refractivity contribution in [2.75, 3.05) is 7.11 Å². The molecule has 0 N–H and O–H groups in total. The van der Waals surface area contributed by atoms with Gasteiger partial charge >= 0.3 is 102 Å².